The van der Waals surface area contributed by atoms with Gasteiger partial charge in [0.05, 0.1) is 15.5 Å². The summed E-state index contributed by atoms with van der Waals surface area (Å²) in [6.45, 7) is 1.66. The number of carbonyl (C=O) groups is 2. The average Bonchev–Trinajstić information content (AvgIpc) is 3.54. The van der Waals surface area contributed by atoms with Crippen LogP contribution in [0.5, 0.6) is 0 Å². The second kappa shape index (κ2) is 11.7. The zero-order valence-electron chi connectivity index (χ0n) is 20.2. The van der Waals surface area contributed by atoms with Gasteiger partial charge in [0.1, 0.15) is 11.9 Å². The molecular weight excluding hydrogens is 520 g/mol. The van der Waals surface area contributed by atoms with Crippen LogP contribution in [0.3, 0.4) is 0 Å². The van der Waals surface area contributed by atoms with E-state index in [1.54, 1.807) is 12.1 Å². The summed E-state index contributed by atoms with van der Waals surface area (Å²) in [4.78, 5) is 28.7. The Bertz CT molecular complexity index is 1200. The molecule has 8 nitrogen and oxygen atoms in total. The monoisotopic (exact) mass is 550 g/mol. The van der Waals surface area contributed by atoms with Gasteiger partial charge in [-0.05, 0) is 56.2 Å². The molecule has 0 bridgehead atoms. The van der Waals surface area contributed by atoms with E-state index in [0.717, 1.165) is 56.4 Å². The van der Waals surface area contributed by atoms with Crippen molar-refractivity contribution in [1.82, 2.24) is 15.5 Å². The molecule has 1 saturated carbocycles. The molecule has 2 fully saturated rings. The molecule has 1 aliphatic heterocycles. The number of nitrogens with one attached hydrogen (secondary N) is 2. The van der Waals surface area contributed by atoms with Crippen LogP contribution in [-0.4, -0.2) is 56.4 Å². The molecule has 2 aliphatic rings. The first-order valence-corrected chi connectivity index (χ1v) is 15.2. The van der Waals surface area contributed by atoms with Gasteiger partial charge >= 0.3 is 0 Å². The number of nitrogens with zero attached hydrogens (tertiary/aromatic N) is 2. The van der Waals surface area contributed by atoms with Crippen molar-refractivity contribution >= 4 is 50.6 Å². The Hall–Kier alpha value is -2.43. The highest BCUT2D eigenvalue weighted by Crippen LogP contribution is 2.29. The standard InChI is InChI=1S/C25H31ClN4O4S2/c1-36(33,34)29-23(30-15-5-6-16-30)18-9-11-19(12-10-18)27-25(32)22(17-7-3-2-4-8-17)28-24(31)20-13-14-21(26)35-20/h2-4,7-8,13-14,18-19,22H,5-6,9-12,15-16H2,1H3,(H,27,32)(H,28,31)/b29-23-. The van der Waals surface area contributed by atoms with E-state index < -0.39 is 16.1 Å². The average molecular weight is 551 g/mol. The van der Waals surface area contributed by atoms with Gasteiger partial charge < -0.3 is 15.5 Å². The molecule has 2 aromatic rings. The number of amides is 2. The predicted octanol–water partition coefficient (Wildman–Crippen LogP) is 4.00. The summed E-state index contributed by atoms with van der Waals surface area (Å²) in [5.74, 6) is 0.0973. The fourth-order valence-corrected chi connectivity index (χ4v) is 6.42. The van der Waals surface area contributed by atoms with Crippen molar-refractivity contribution in [2.75, 3.05) is 19.3 Å². The quantitative estimate of drug-likeness (QED) is 0.400. The number of likely N-dealkylation sites (tertiary alicyclic amines) is 1. The second-order valence-corrected chi connectivity index (χ2v) is 12.7. The van der Waals surface area contributed by atoms with Crippen molar-refractivity contribution in [2.24, 2.45) is 10.3 Å². The highest BCUT2D eigenvalue weighted by Gasteiger charge is 2.32. The largest absolute Gasteiger partial charge is 0.359 e. The minimum atomic E-state index is -3.49. The van der Waals surface area contributed by atoms with Crippen LogP contribution in [0.25, 0.3) is 0 Å². The van der Waals surface area contributed by atoms with Crippen molar-refractivity contribution in [3.05, 3.63) is 57.2 Å². The normalized spacial score (nSPS) is 21.7. The predicted molar refractivity (Wildman–Crippen MR) is 143 cm³/mol. The van der Waals surface area contributed by atoms with Crippen molar-refractivity contribution in [3.63, 3.8) is 0 Å². The van der Waals surface area contributed by atoms with E-state index >= 15 is 0 Å². The number of amidine groups is 1. The van der Waals surface area contributed by atoms with Crippen LogP contribution in [-0.2, 0) is 14.8 Å². The van der Waals surface area contributed by atoms with Crippen LogP contribution < -0.4 is 10.6 Å². The number of hydrogen-bond donors (Lipinski definition) is 2. The van der Waals surface area contributed by atoms with E-state index in [0.29, 0.717) is 33.5 Å². The number of rotatable bonds is 7. The Balaban J connectivity index is 1.42. The number of benzene rings is 1. The van der Waals surface area contributed by atoms with Crippen LogP contribution in [0.15, 0.2) is 46.9 Å². The Kier molecular flexibility index (Phi) is 8.69. The van der Waals surface area contributed by atoms with Gasteiger partial charge in [0.15, 0.2) is 0 Å². The van der Waals surface area contributed by atoms with Gasteiger partial charge in [-0.1, -0.05) is 41.9 Å². The van der Waals surface area contributed by atoms with E-state index in [9.17, 15) is 18.0 Å². The molecule has 1 unspecified atom stereocenters. The van der Waals surface area contributed by atoms with E-state index in [4.69, 9.17) is 11.6 Å². The molecule has 36 heavy (non-hydrogen) atoms. The summed E-state index contributed by atoms with van der Waals surface area (Å²) in [7, 11) is -3.49. The lowest BCUT2D eigenvalue weighted by molar-refractivity contribution is -0.124. The number of sulfonamides is 1. The molecule has 1 atom stereocenters. The summed E-state index contributed by atoms with van der Waals surface area (Å²) in [5.41, 5.74) is 0.691. The summed E-state index contributed by atoms with van der Waals surface area (Å²) in [6, 6.07) is 11.5. The highest BCUT2D eigenvalue weighted by molar-refractivity contribution is 7.89. The van der Waals surface area contributed by atoms with Crippen molar-refractivity contribution < 1.29 is 18.0 Å². The van der Waals surface area contributed by atoms with Crippen LogP contribution in [0.4, 0.5) is 0 Å². The highest BCUT2D eigenvalue weighted by atomic mass is 35.5. The molecule has 0 radical (unpaired) electrons. The van der Waals surface area contributed by atoms with Gasteiger partial charge in [0, 0.05) is 25.0 Å². The summed E-state index contributed by atoms with van der Waals surface area (Å²) in [5, 5.41) is 5.96. The molecule has 2 heterocycles. The summed E-state index contributed by atoms with van der Waals surface area (Å²) in [6.07, 6.45) is 6.12. The maximum absolute atomic E-state index is 13.3. The lowest BCUT2D eigenvalue weighted by atomic mass is 9.84. The topological polar surface area (TPSA) is 108 Å². The minimum Gasteiger partial charge on any atom is -0.359 e. The first-order chi connectivity index (χ1) is 17.2. The minimum absolute atomic E-state index is 0.0548. The van der Waals surface area contributed by atoms with Gasteiger partial charge in [-0.3, -0.25) is 9.59 Å². The molecule has 4 rings (SSSR count). The first kappa shape index (κ1) is 26.6. The van der Waals surface area contributed by atoms with Gasteiger partial charge in [0.25, 0.3) is 15.9 Å². The zero-order chi connectivity index (χ0) is 25.7. The van der Waals surface area contributed by atoms with E-state index in [1.807, 2.05) is 30.3 Å². The third kappa shape index (κ3) is 7.08. The number of halogens is 1. The summed E-state index contributed by atoms with van der Waals surface area (Å²) >= 11 is 7.14. The third-order valence-corrected chi connectivity index (χ3v) is 8.34. The maximum Gasteiger partial charge on any atom is 0.262 e. The molecule has 194 valence electrons. The van der Waals surface area contributed by atoms with Gasteiger partial charge in [0.2, 0.25) is 5.91 Å². The SMILES string of the molecule is CS(=O)(=O)/N=C(/C1CCC(NC(=O)C(NC(=O)c2ccc(Cl)s2)c2ccccc2)CC1)N1CCCC1. The first-order valence-electron chi connectivity index (χ1n) is 12.2. The van der Waals surface area contributed by atoms with Gasteiger partial charge in [-0.2, -0.15) is 4.40 Å². The lowest BCUT2D eigenvalue weighted by Gasteiger charge is -2.34. The fourth-order valence-electron chi connectivity index (χ4n) is 4.87. The van der Waals surface area contributed by atoms with E-state index in [1.165, 1.54) is 0 Å². The Morgan fingerprint density at radius 1 is 1.06 bits per heavy atom. The zero-order valence-corrected chi connectivity index (χ0v) is 22.5. The van der Waals surface area contributed by atoms with Gasteiger partial charge in [-0.25, -0.2) is 8.42 Å². The van der Waals surface area contributed by atoms with E-state index in [-0.39, 0.29) is 23.8 Å². The van der Waals surface area contributed by atoms with Crippen LogP contribution in [0.2, 0.25) is 4.34 Å². The van der Waals surface area contributed by atoms with Crippen LogP contribution in [0, 0.1) is 5.92 Å². The Morgan fingerprint density at radius 2 is 1.72 bits per heavy atom. The molecule has 1 saturated heterocycles. The Labute approximate surface area is 221 Å². The van der Waals surface area contributed by atoms with Crippen molar-refractivity contribution in [2.45, 2.75) is 50.6 Å². The molecule has 0 spiro atoms. The fraction of sp³-hybridized carbons (Fsp3) is 0.480. The molecule has 1 aromatic carbocycles. The van der Waals surface area contributed by atoms with Crippen LogP contribution in [0.1, 0.15) is 59.8 Å². The third-order valence-electron chi connectivity index (χ3n) is 6.60. The molecule has 1 aliphatic carbocycles. The summed E-state index contributed by atoms with van der Waals surface area (Å²) < 4.78 is 28.5. The number of thiophene rings is 1. The number of carbonyl (C=O) groups excluding carboxylic acids is 2. The molecule has 2 N–H and O–H groups in total. The molecule has 1 aromatic heterocycles. The molecule has 2 amide bonds. The molecule has 11 heteroatoms. The van der Waals surface area contributed by atoms with Crippen LogP contribution >= 0.6 is 22.9 Å². The van der Waals surface area contributed by atoms with E-state index in [2.05, 4.69) is 19.9 Å². The maximum atomic E-state index is 13.3. The van der Waals surface area contributed by atoms with Crippen molar-refractivity contribution in [3.8, 4) is 0 Å². The Morgan fingerprint density at radius 3 is 2.31 bits per heavy atom. The molecular formula is C25H31ClN4O4S2. The van der Waals surface area contributed by atoms with Gasteiger partial charge in [-0.15, -0.1) is 11.3 Å². The second-order valence-electron chi connectivity index (χ2n) is 9.35. The lowest BCUT2D eigenvalue weighted by Crippen LogP contribution is -2.46. The van der Waals surface area contributed by atoms with Crippen molar-refractivity contribution in [1.29, 1.82) is 0 Å². The smallest absolute Gasteiger partial charge is 0.262 e. The number of hydrogen-bond acceptors (Lipinski definition) is 5.